The Labute approximate surface area is 174 Å². The lowest BCUT2D eigenvalue weighted by Crippen LogP contribution is -2.41. The lowest BCUT2D eigenvalue weighted by molar-refractivity contribution is -0.114. The first kappa shape index (κ1) is 22.5. The lowest BCUT2D eigenvalue weighted by Gasteiger charge is -2.23. The van der Waals surface area contributed by atoms with Crippen molar-refractivity contribution in [3.8, 4) is 0 Å². The summed E-state index contributed by atoms with van der Waals surface area (Å²) in [6, 6.07) is 7.02. The van der Waals surface area contributed by atoms with Gasteiger partial charge in [-0.3, -0.25) is 19.1 Å². The van der Waals surface area contributed by atoms with Gasteiger partial charge < -0.3 is 10.6 Å². The fourth-order valence-corrected chi connectivity index (χ4v) is 2.99. The number of benzene rings is 1. The van der Waals surface area contributed by atoms with Crippen LogP contribution in [0.4, 0.5) is 11.5 Å². The number of rotatable bonds is 8. The fraction of sp³-hybridized carbons (Fsp3) is 0.381. The fourth-order valence-electron chi connectivity index (χ4n) is 2.86. The smallest absolute Gasteiger partial charge is 0.330 e. The van der Waals surface area contributed by atoms with Crippen LogP contribution >= 0.6 is 11.6 Å². The molecule has 7 nitrogen and oxygen atoms in total. The summed E-state index contributed by atoms with van der Waals surface area (Å²) in [5.41, 5.74) is 5.73. The Bertz CT molecular complexity index is 990. The van der Waals surface area contributed by atoms with Crippen LogP contribution in [-0.2, 0) is 11.3 Å². The Hall–Kier alpha value is -2.80. The number of halogens is 1. The highest BCUT2D eigenvalue weighted by Crippen LogP contribution is 2.19. The third kappa shape index (κ3) is 5.84. The molecule has 0 fully saturated rings. The largest absolute Gasteiger partial charge is 0.383 e. The number of unbranched alkanes of at least 4 members (excludes halogenated alkanes) is 1. The molecule has 0 saturated heterocycles. The van der Waals surface area contributed by atoms with Crippen molar-refractivity contribution >= 4 is 35.1 Å². The molecule has 2 rings (SSSR count). The number of amides is 1. The summed E-state index contributed by atoms with van der Waals surface area (Å²) in [4.78, 5) is 41.3. The van der Waals surface area contributed by atoms with Gasteiger partial charge in [-0.15, -0.1) is 0 Å². The summed E-state index contributed by atoms with van der Waals surface area (Å²) in [6.45, 7) is 6.51. The minimum atomic E-state index is -0.670. The van der Waals surface area contributed by atoms with E-state index >= 15 is 0 Å². The van der Waals surface area contributed by atoms with Gasteiger partial charge in [0.15, 0.2) is 5.69 Å². The molecule has 0 radical (unpaired) electrons. The number of aromatic nitrogens is 2. The van der Waals surface area contributed by atoms with E-state index in [2.05, 4.69) is 4.98 Å². The number of carbonyl (C=O) groups excluding carboxylic acids is 1. The molecule has 29 heavy (non-hydrogen) atoms. The first-order valence-electron chi connectivity index (χ1n) is 9.62. The van der Waals surface area contributed by atoms with E-state index in [1.807, 2.05) is 20.8 Å². The van der Waals surface area contributed by atoms with Crippen molar-refractivity contribution in [2.45, 2.75) is 40.2 Å². The number of nitrogens with zero attached hydrogens (tertiary/aromatic N) is 2. The molecule has 0 bridgehead atoms. The number of nitrogen functional groups attached to an aromatic ring is 1. The van der Waals surface area contributed by atoms with Crippen LogP contribution in [0.1, 0.15) is 39.2 Å². The van der Waals surface area contributed by atoms with E-state index < -0.39 is 11.2 Å². The molecule has 0 spiro atoms. The predicted molar refractivity (Wildman–Crippen MR) is 118 cm³/mol. The van der Waals surface area contributed by atoms with Crippen LogP contribution in [0, 0.1) is 5.92 Å². The molecular weight excluding hydrogens is 392 g/mol. The number of anilines is 2. The molecule has 0 atom stereocenters. The van der Waals surface area contributed by atoms with Crippen molar-refractivity contribution in [1.82, 2.24) is 9.55 Å². The minimum Gasteiger partial charge on any atom is -0.383 e. The van der Waals surface area contributed by atoms with Gasteiger partial charge in [0.25, 0.3) is 11.5 Å². The minimum absolute atomic E-state index is 0.00297. The Kier molecular flexibility index (Phi) is 7.84. The van der Waals surface area contributed by atoms with Crippen molar-refractivity contribution in [3.63, 3.8) is 0 Å². The lowest BCUT2D eigenvalue weighted by atomic mass is 10.2. The van der Waals surface area contributed by atoms with E-state index in [0.717, 1.165) is 12.0 Å². The predicted octanol–water partition coefficient (Wildman–Crippen LogP) is 3.27. The molecule has 156 valence electrons. The monoisotopic (exact) mass is 418 g/mol. The summed E-state index contributed by atoms with van der Waals surface area (Å²) in [6.07, 6.45) is 4.54. The Morgan fingerprint density at radius 1 is 1.28 bits per heavy atom. The van der Waals surface area contributed by atoms with Crippen LogP contribution in [0.2, 0.25) is 5.02 Å². The standard InChI is InChI=1S/C21H27ClN4O3/c1-4-5-12-25(17(27)11-8-15-6-9-16(22)10-7-15)18-19(23)26(13-14(2)3)21(29)24-20(18)28/h6-11,14H,4-5,12-13,23H2,1-3H3,(H,24,28,29)/b11-8+. The third-order valence-electron chi connectivity index (χ3n) is 4.32. The maximum absolute atomic E-state index is 12.9. The van der Waals surface area contributed by atoms with Gasteiger partial charge in [0.05, 0.1) is 0 Å². The molecule has 1 aromatic heterocycles. The van der Waals surface area contributed by atoms with Gasteiger partial charge in [0, 0.05) is 24.2 Å². The first-order valence-corrected chi connectivity index (χ1v) is 10.00. The van der Waals surface area contributed by atoms with Crippen LogP contribution in [0.3, 0.4) is 0 Å². The van der Waals surface area contributed by atoms with Crippen molar-refractivity contribution < 1.29 is 4.79 Å². The zero-order valence-electron chi connectivity index (χ0n) is 16.9. The Morgan fingerprint density at radius 2 is 1.93 bits per heavy atom. The number of carbonyl (C=O) groups is 1. The molecule has 0 unspecified atom stereocenters. The van der Waals surface area contributed by atoms with E-state index in [4.69, 9.17) is 17.3 Å². The molecular formula is C21H27ClN4O3. The van der Waals surface area contributed by atoms with E-state index in [1.165, 1.54) is 15.5 Å². The molecule has 1 heterocycles. The summed E-state index contributed by atoms with van der Waals surface area (Å²) < 4.78 is 1.30. The number of hydrogen-bond donors (Lipinski definition) is 2. The van der Waals surface area contributed by atoms with E-state index in [1.54, 1.807) is 30.3 Å². The second kappa shape index (κ2) is 10.1. The molecule has 0 saturated carbocycles. The van der Waals surface area contributed by atoms with Crippen LogP contribution in [0.15, 0.2) is 39.9 Å². The highest BCUT2D eigenvalue weighted by atomic mass is 35.5. The van der Waals surface area contributed by atoms with Crippen LogP contribution in [0.25, 0.3) is 6.08 Å². The average Bonchev–Trinajstić information content (AvgIpc) is 2.66. The Morgan fingerprint density at radius 3 is 2.52 bits per heavy atom. The van der Waals surface area contributed by atoms with Crippen LogP contribution in [-0.4, -0.2) is 22.0 Å². The van der Waals surface area contributed by atoms with Gasteiger partial charge in [0.2, 0.25) is 0 Å². The van der Waals surface area contributed by atoms with Gasteiger partial charge in [-0.05, 0) is 36.1 Å². The number of hydrogen-bond acceptors (Lipinski definition) is 4. The molecule has 0 aliphatic heterocycles. The van der Waals surface area contributed by atoms with Crippen molar-refractivity contribution in [2.24, 2.45) is 5.92 Å². The molecule has 8 heteroatoms. The van der Waals surface area contributed by atoms with E-state index in [9.17, 15) is 14.4 Å². The van der Waals surface area contributed by atoms with Crippen LogP contribution < -0.4 is 21.9 Å². The van der Waals surface area contributed by atoms with Gasteiger partial charge in [-0.1, -0.05) is 50.9 Å². The molecule has 1 aromatic carbocycles. The third-order valence-corrected chi connectivity index (χ3v) is 4.57. The molecule has 2 aromatic rings. The summed E-state index contributed by atoms with van der Waals surface area (Å²) >= 11 is 5.88. The summed E-state index contributed by atoms with van der Waals surface area (Å²) in [5.74, 6) is -0.254. The zero-order chi connectivity index (χ0) is 21.6. The molecule has 3 N–H and O–H groups in total. The number of nitrogens with one attached hydrogen (secondary N) is 1. The topological polar surface area (TPSA) is 101 Å². The summed E-state index contributed by atoms with van der Waals surface area (Å²) in [5, 5.41) is 0.602. The molecule has 1 amide bonds. The van der Waals surface area contributed by atoms with E-state index in [-0.39, 0.29) is 23.3 Å². The number of H-pyrrole nitrogens is 1. The second-order valence-electron chi connectivity index (χ2n) is 7.23. The quantitative estimate of drug-likeness (QED) is 0.642. The maximum atomic E-state index is 12.9. The number of nitrogens with two attached hydrogens (primary N) is 1. The first-order chi connectivity index (χ1) is 13.7. The second-order valence-corrected chi connectivity index (χ2v) is 7.66. The normalized spacial score (nSPS) is 11.3. The van der Waals surface area contributed by atoms with Crippen molar-refractivity contribution in [1.29, 1.82) is 0 Å². The van der Waals surface area contributed by atoms with E-state index in [0.29, 0.717) is 24.5 Å². The molecule has 0 aliphatic rings. The maximum Gasteiger partial charge on any atom is 0.330 e. The highest BCUT2D eigenvalue weighted by Gasteiger charge is 2.22. The van der Waals surface area contributed by atoms with Gasteiger partial charge in [-0.25, -0.2) is 4.79 Å². The van der Waals surface area contributed by atoms with Gasteiger partial charge in [0.1, 0.15) is 5.82 Å². The Balaban J connectivity index is 2.46. The van der Waals surface area contributed by atoms with Crippen molar-refractivity contribution in [2.75, 3.05) is 17.2 Å². The SMILES string of the molecule is CCCCN(C(=O)/C=C/c1ccc(Cl)cc1)c1c(N)n(CC(C)C)c(=O)[nH]c1=O. The number of aromatic amines is 1. The van der Waals surface area contributed by atoms with Gasteiger partial charge >= 0.3 is 5.69 Å². The highest BCUT2D eigenvalue weighted by molar-refractivity contribution is 6.30. The summed E-state index contributed by atoms with van der Waals surface area (Å²) in [7, 11) is 0. The van der Waals surface area contributed by atoms with Crippen molar-refractivity contribution in [3.05, 3.63) is 61.8 Å². The van der Waals surface area contributed by atoms with Gasteiger partial charge in [-0.2, -0.15) is 0 Å². The average molecular weight is 419 g/mol. The molecule has 0 aliphatic carbocycles. The van der Waals surface area contributed by atoms with Crippen LogP contribution in [0.5, 0.6) is 0 Å². The zero-order valence-corrected chi connectivity index (χ0v) is 17.7.